The highest BCUT2D eigenvalue weighted by atomic mass is 16.5. The number of hydrogen-bond donors (Lipinski definition) is 1. The van der Waals surface area contributed by atoms with Gasteiger partial charge in [-0.05, 0) is 37.0 Å². The van der Waals surface area contributed by atoms with E-state index in [9.17, 15) is 9.90 Å². The molecule has 0 saturated heterocycles. The van der Waals surface area contributed by atoms with Gasteiger partial charge in [-0.3, -0.25) is 4.79 Å². The average Bonchev–Trinajstić information content (AvgIpc) is 2.58. The van der Waals surface area contributed by atoms with Gasteiger partial charge >= 0.3 is 5.97 Å². The summed E-state index contributed by atoms with van der Waals surface area (Å²) in [7, 11) is 1.58. The van der Waals surface area contributed by atoms with E-state index in [0.29, 0.717) is 24.5 Å². The van der Waals surface area contributed by atoms with E-state index in [1.54, 1.807) is 7.11 Å². The highest BCUT2D eigenvalue weighted by molar-refractivity contribution is 5.76. The van der Waals surface area contributed by atoms with Gasteiger partial charge in [-0.1, -0.05) is 48.9 Å². The first-order valence-corrected chi connectivity index (χ1v) is 8.14. The molecule has 2 aromatic carbocycles. The molecule has 0 aromatic heterocycles. The topological polar surface area (TPSA) is 55.8 Å². The summed E-state index contributed by atoms with van der Waals surface area (Å²) >= 11 is 0. The van der Waals surface area contributed by atoms with Crippen molar-refractivity contribution in [3.63, 3.8) is 0 Å². The molecule has 4 heteroatoms. The molecule has 24 heavy (non-hydrogen) atoms. The van der Waals surface area contributed by atoms with Gasteiger partial charge in [0.25, 0.3) is 0 Å². The van der Waals surface area contributed by atoms with Gasteiger partial charge < -0.3 is 14.6 Å². The van der Waals surface area contributed by atoms with Gasteiger partial charge in [0.05, 0.1) is 19.6 Å². The lowest BCUT2D eigenvalue weighted by molar-refractivity contribution is -0.138. The van der Waals surface area contributed by atoms with Crippen LogP contribution in [0, 0.1) is 6.92 Å². The zero-order valence-corrected chi connectivity index (χ0v) is 14.4. The highest BCUT2D eigenvalue weighted by Crippen LogP contribution is 2.34. The van der Waals surface area contributed by atoms with Crippen LogP contribution in [0.15, 0.2) is 42.5 Å². The van der Waals surface area contributed by atoms with Crippen molar-refractivity contribution < 1.29 is 19.4 Å². The van der Waals surface area contributed by atoms with Crippen LogP contribution in [0.25, 0.3) is 0 Å². The maximum Gasteiger partial charge on any atom is 0.311 e. The third-order valence-corrected chi connectivity index (χ3v) is 3.93. The number of carboxylic acids is 1. The molecule has 0 aliphatic rings. The second kappa shape index (κ2) is 8.39. The van der Waals surface area contributed by atoms with Crippen molar-refractivity contribution in [2.45, 2.75) is 32.6 Å². The maximum absolute atomic E-state index is 11.8. The summed E-state index contributed by atoms with van der Waals surface area (Å²) in [4.78, 5) is 11.8. The Morgan fingerprint density at radius 1 is 1.17 bits per heavy atom. The SMILES string of the molecule is CCCOc1cccc(CC(C(=O)O)c2ccc(C)cc2)c1OC. The molecule has 0 aliphatic heterocycles. The number of para-hydroxylation sites is 1. The molecule has 0 radical (unpaired) electrons. The smallest absolute Gasteiger partial charge is 0.311 e. The van der Waals surface area contributed by atoms with E-state index < -0.39 is 11.9 Å². The minimum absolute atomic E-state index is 0.352. The fraction of sp³-hybridized carbons (Fsp3) is 0.350. The van der Waals surface area contributed by atoms with E-state index in [0.717, 1.165) is 23.1 Å². The van der Waals surface area contributed by atoms with Crippen LogP contribution in [0.1, 0.15) is 36.0 Å². The van der Waals surface area contributed by atoms with Gasteiger partial charge in [0, 0.05) is 0 Å². The molecule has 0 fully saturated rings. The number of aryl methyl sites for hydroxylation is 1. The number of rotatable bonds is 8. The molecule has 128 valence electrons. The Kier molecular flexibility index (Phi) is 6.24. The second-order valence-electron chi connectivity index (χ2n) is 5.80. The lowest BCUT2D eigenvalue weighted by atomic mass is 9.91. The number of methoxy groups -OCH3 is 1. The molecule has 4 nitrogen and oxygen atoms in total. The van der Waals surface area contributed by atoms with Crippen LogP contribution in [-0.2, 0) is 11.2 Å². The molecule has 0 aliphatic carbocycles. The third-order valence-electron chi connectivity index (χ3n) is 3.93. The Morgan fingerprint density at radius 2 is 1.88 bits per heavy atom. The van der Waals surface area contributed by atoms with E-state index in [2.05, 4.69) is 0 Å². The Labute approximate surface area is 143 Å². The van der Waals surface area contributed by atoms with Crippen LogP contribution in [0.5, 0.6) is 11.5 Å². The van der Waals surface area contributed by atoms with Crippen molar-refractivity contribution in [2.75, 3.05) is 13.7 Å². The molecule has 0 heterocycles. The number of ether oxygens (including phenoxy) is 2. The highest BCUT2D eigenvalue weighted by Gasteiger charge is 2.23. The first-order chi connectivity index (χ1) is 11.6. The Hall–Kier alpha value is -2.49. The summed E-state index contributed by atoms with van der Waals surface area (Å²) in [5.41, 5.74) is 2.73. The van der Waals surface area contributed by atoms with Crippen LogP contribution in [0.4, 0.5) is 0 Å². The fourth-order valence-electron chi connectivity index (χ4n) is 2.65. The predicted octanol–water partition coefficient (Wildman–Crippen LogP) is 4.20. The molecule has 0 bridgehead atoms. The molecule has 1 unspecified atom stereocenters. The Balaban J connectivity index is 2.32. The normalized spacial score (nSPS) is 11.8. The van der Waals surface area contributed by atoms with Gasteiger partial charge in [-0.25, -0.2) is 0 Å². The van der Waals surface area contributed by atoms with Crippen molar-refractivity contribution in [1.29, 1.82) is 0 Å². The van der Waals surface area contributed by atoms with E-state index >= 15 is 0 Å². The van der Waals surface area contributed by atoms with Crippen LogP contribution in [0.3, 0.4) is 0 Å². The second-order valence-corrected chi connectivity index (χ2v) is 5.80. The molecule has 0 saturated carbocycles. The summed E-state index contributed by atoms with van der Waals surface area (Å²) in [5.74, 6) is -0.198. The molecule has 2 aromatic rings. The van der Waals surface area contributed by atoms with Crippen LogP contribution in [0.2, 0.25) is 0 Å². The van der Waals surface area contributed by atoms with Crippen molar-refractivity contribution in [3.8, 4) is 11.5 Å². The number of carboxylic acid groups (broad SMARTS) is 1. The van der Waals surface area contributed by atoms with E-state index in [4.69, 9.17) is 9.47 Å². The summed E-state index contributed by atoms with van der Waals surface area (Å²) in [5, 5.41) is 9.66. The summed E-state index contributed by atoms with van der Waals surface area (Å²) in [6.07, 6.45) is 1.25. The first-order valence-electron chi connectivity index (χ1n) is 8.14. The number of benzene rings is 2. The van der Waals surface area contributed by atoms with Crippen molar-refractivity contribution in [3.05, 3.63) is 59.2 Å². The molecule has 0 amide bonds. The van der Waals surface area contributed by atoms with E-state index in [-0.39, 0.29) is 0 Å². The number of carbonyl (C=O) groups is 1. The standard InChI is InChI=1S/C20H24O4/c1-4-12-24-18-7-5-6-16(19(18)23-3)13-17(20(21)22)15-10-8-14(2)9-11-15/h5-11,17H,4,12-13H2,1-3H3,(H,21,22). The molecular formula is C20H24O4. The van der Waals surface area contributed by atoms with Gasteiger partial charge in [-0.2, -0.15) is 0 Å². The van der Waals surface area contributed by atoms with Gasteiger partial charge in [-0.15, -0.1) is 0 Å². The lowest BCUT2D eigenvalue weighted by Crippen LogP contribution is -2.15. The molecular weight excluding hydrogens is 304 g/mol. The molecule has 1 N–H and O–H groups in total. The van der Waals surface area contributed by atoms with Gasteiger partial charge in [0.1, 0.15) is 0 Å². The minimum atomic E-state index is -0.846. The first kappa shape index (κ1) is 17.9. The van der Waals surface area contributed by atoms with Gasteiger partial charge in [0.2, 0.25) is 0 Å². The zero-order valence-electron chi connectivity index (χ0n) is 14.4. The molecule has 1 atom stereocenters. The quantitative estimate of drug-likeness (QED) is 0.789. The van der Waals surface area contributed by atoms with Crippen molar-refractivity contribution >= 4 is 5.97 Å². The third kappa shape index (κ3) is 4.28. The minimum Gasteiger partial charge on any atom is -0.493 e. The summed E-state index contributed by atoms with van der Waals surface area (Å²) < 4.78 is 11.2. The van der Waals surface area contributed by atoms with E-state index in [1.165, 1.54) is 0 Å². The predicted molar refractivity (Wildman–Crippen MR) is 94.0 cm³/mol. The average molecular weight is 328 g/mol. The van der Waals surface area contributed by atoms with Crippen LogP contribution < -0.4 is 9.47 Å². The summed E-state index contributed by atoms with van der Waals surface area (Å²) in [6, 6.07) is 13.2. The lowest BCUT2D eigenvalue weighted by Gasteiger charge is -2.18. The number of hydrogen-bond acceptors (Lipinski definition) is 3. The molecule has 2 rings (SSSR count). The zero-order chi connectivity index (χ0) is 17.5. The Morgan fingerprint density at radius 3 is 2.46 bits per heavy atom. The largest absolute Gasteiger partial charge is 0.493 e. The van der Waals surface area contributed by atoms with Crippen molar-refractivity contribution in [2.24, 2.45) is 0 Å². The molecule has 0 spiro atoms. The van der Waals surface area contributed by atoms with Gasteiger partial charge in [0.15, 0.2) is 11.5 Å². The monoisotopic (exact) mass is 328 g/mol. The van der Waals surface area contributed by atoms with Crippen LogP contribution >= 0.6 is 0 Å². The van der Waals surface area contributed by atoms with Crippen molar-refractivity contribution in [1.82, 2.24) is 0 Å². The number of aliphatic carboxylic acids is 1. The fourth-order valence-corrected chi connectivity index (χ4v) is 2.65. The Bertz CT molecular complexity index is 677. The van der Waals surface area contributed by atoms with Crippen LogP contribution in [-0.4, -0.2) is 24.8 Å². The van der Waals surface area contributed by atoms with E-state index in [1.807, 2.05) is 56.3 Å². The summed E-state index contributed by atoms with van der Waals surface area (Å²) in [6.45, 7) is 4.62. The maximum atomic E-state index is 11.8.